The van der Waals surface area contributed by atoms with Crippen molar-refractivity contribution >= 4 is 23.4 Å². The van der Waals surface area contributed by atoms with Crippen LogP contribution >= 0.6 is 0 Å². The van der Waals surface area contributed by atoms with Crippen LogP contribution < -0.4 is 16.4 Å². The fourth-order valence-corrected chi connectivity index (χ4v) is 2.40. The summed E-state index contributed by atoms with van der Waals surface area (Å²) in [6.07, 6.45) is 0.295. The second-order valence-electron chi connectivity index (χ2n) is 5.84. The molecule has 2 aromatic carbocycles. The number of aryl methyl sites for hydroxylation is 1. The zero-order valence-electron chi connectivity index (χ0n) is 14.2. The van der Waals surface area contributed by atoms with Crippen LogP contribution in [0.1, 0.15) is 28.4 Å². The molecule has 6 heteroatoms. The topological polar surface area (TPSA) is 101 Å². The Labute approximate surface area is 146 Å². The summed E-state index contributed by atoms with van der Waals surface area (Å²) in [6.45, 7) is 3.33. The lowest BCUT2D eigenvalue weighted by atomic mass is 10.0. The molecule has 0 fully saturated rings. The maximum Gasteiger partial charge on any atom is 0.254 e. The molecule has 1 atom stereocenters. The minimum Gasteiger partial charge on any atom is -0.368 e. The lowest BCUT2D eigenvalue weighted by molar-refractivity contribution is -0.119. The number of nitrogens with one attached hydrogen (secondary N) is 2. The molecule has 3 amide bonds. The number of hydrogen-bond donors (Lipinski definition) is 3. The van der Waals surface area contributed by atoms with Gasteiger partial charge in [-0.3, -0.25) is 14.4 Å². The van der Waals surface area contributed by atoms with Gasteiger partial charge in [-0.15, -0.1) is 0 Å². The molecule has 0 saturated heterocycles. The van der Waals surface area contributed by atoms with Gasteiger partial charge >= 0.3 is 0 Å². The Bertz CT molecular complexity index is 785. The highest BCUT2D eigenvalue weighted by Crippen LogP contribution is 2.15. The van der Waals surface area contributed by atoms with Gasteiger partial charge in [0.05, 0.1) is 11.3 Å². The first-order chi connectivity index (χ1) is 11.9. The monoisotopic (exact) mass is 339 g/mol. The molecule has 0 bridgehead atoms. The van der Waals surface area contributed by atoms with Gasteiger partial charge in [0, 0.05) is 13.3 Å². The predicted molar refractivity (Wildman–Crippen MR) is 96.1 cm³/mol. The number of para-hydroxylation sites is 1. The third kappa shape index (κ3) is 5.17. The van der Waals surface area contributed by atoms with E-state index in [0.29, 0.717) is 12.1 Å². The van der Waals surface area contributed by atoms with Crippen LogP contribution in [0.5, 0.6) is 0 Å². The summed E-state index contributed by atoms with van der Waals surface area (Å²) in [5.74, 6) is -1.38. The van der Waals surface area contributed by atoms with Gasteiger partial charge in [0.1, 0.15) is 6.04 Å². The van der Waals surface area contributed by atoms with Crippen LogP contribution in [0.4, 0.5) is 5.69 Å². The molecule has 2 rings (SSSR count). The zero-order chi connectivity index (χ0) is 18.4. The summed E-state index contributed by atoms with van der Waals surface area (Å²) in [4.78, 5) is 35.5. The van der Waals surface area contributed by atoms with Gasteiger partial charge in [-0.25, -0.2) is 0 Å². The number of benzene rings is 2. The predicted octanol–water partition coefficient (Wildman–Crippen LogP) is 1.78. The molecule has 0 aliphatic rings. The lowest BCUT2D eigenvalue weighted by Crippen LogP contribution is -2.46. The Morgan fingerprint density at radius 3 is 2.28 bits per heavy atom. The first-order valence-corrected chi connectivity index (χ1v) is 7.89. The summed E-state index contributed by atoms with van der Waals surface area (Å²) < 4.78 is 0. The van der Waals surface area contributed by atoms with Gasteiger partial charge in [-0.1, -0.05) is 42.0 Å². The molecule has 25 heavy (non-hydrogen) atoms. The van der Waals surface area contributed by atoms with E-state index in [2.05, 4.69) is 10.6 Å². The van der Waals surface area contributed by atoms with Crippen LogP contribution in [0.15, 0.2) is 48.5 Å². The number of nitrogens with two attached hydrogens (primary N) is 1. The lowest BCUT2D eigenvalue weighted by Gasteiger charge is -2.17. The van der Waals surface area contributed by atoms with Crippen molar-refractivity contribution in [2.75, 3.05) is 5.32 Å². The van der Waals surface area contributed by atoms with Crippen molar-refractivity contribution in [3.8, 4) is 0 Å². The molecule has 0 aromatic heterocycles. The van der Waals surface area contributed by atoms with Crippen molar-refractivity contribution in [3.63, 3.8) is 0 Å². The smallest absolute Gasteiger partial charge is 0.254 e. The Kier molecular flexibility index (Phi) is 5.89. The van der Waals surface area contributed by atoms with Crippen LogP contribution in [-0.4, -0.2) is 23.8 Å². The normalized spacial score (nSPS) is 11.4. The first kappa shape index (κ1) is 18.2. The van der Waals surface area contributed by atoms with Crippen LogP contribution in [0.2, 0.25) is 0 Å². The first-order valence-electron chi connectivity index (χ1n) is 7.89. The molecular weight excluding hydrogens is 318 g/mol. The van der Waals surface area contributed by atoms with E-state index in [4.69, 9.17) is 5.73 Å². The number of anilines is 1. The van der Waals surface area contributed by atoms with Gasteiger partial charge in [0.2, 0.25) is 11.8 Å². The Balaban J connectivity index is 2.17. The van der Waals surface area contributed by atoms with E-state index in [9.17, 15) is 14.4 Å². The number of carbonyl (C=O) groups is 3. The van der Waals surface area contributed by atoms with E-state index in [-0.39, 0.29) is 11.5 Å². The summed E-state index contributed by atoms with van der Waals surface area (Å²) in [6, 6.07) is 13.4. The van der Waals surface area contributed by atoms with E-state index in [0.717, 1.165) is 11.1 Å². The van der Waals surface area contributed by atoms with Crippen molar-refractivity contribution in [2.24, 2.45) is 5.73 Å². The molecule has 130 valence electrons. The molecule has 4 N–H and O–H groups in total. The van der Waals surface area contributed by atoms with Crippen LogP contribution in [-0.2, 0) is 16.0 Å². The summed E-state index contributed by atoms with van der Waals surface area (Å²) in [5, 5.41) is 5.24. The van der Waals surface area contributed by atoms with E-state index in [1.807, 2.05) is 31.2 Å². The minimum atomic E-state index is -0.847. The second-order valence-corrected chi connectivity index (χ2v) is 5.84. The van der Waals surface area contributed by atoms with Crippen LogP contribution in [0.3, 0.4) is 0 Å². The Hall–Kier alpha value is -3.15. The third-order valence-electron chi connectivity index (χ3n) is 3.69. The molecule has 2 aromatic rings. The Morgan fingerprint density at radius 1 is 1.04 bits per heavy atom. The van der Waals surface area contributed by atoms with Crippen molar-refractivity contribution in [2.45, 2.75) is 26.3 Å². The second kappa shape index (κ2) is 8.10. The average Bonchev–Trinajstić information content (AvgIpc) is 2.56. The van der Waals surface area contributed by atoms with Crippen molar-refractivity contribution in [3.05, 3.63) is 65.2 Å². The number of primary amides is 1. The molecule has 0 spiro atoms. The highest BCUT2D eigenvalue weighted by Gasteiger charge is 2.21. The average molecular weight is 339 g/mol. The fraction of sp³-hybridized carbons (Fsp3) is 0.211. The highest BCUT2D eigenvalue weighted by atomic mass is 16.2. The Morgan fingerprint density at radius 2 is 1.68 bits per heavy atom. The number of rotatable bonds is 6. The minimum absolute atomic E-state index is 0.271. The molecule has 0 heterocycles. The van der Waals surface area contributed by atoms with Crippen molar-refractivity contribution in [1.82, 2.24) is 5.32 Å². The van der Waals surface area contributed by atoms with Crippen molar-refractivity contribution in [1.29, 1.82) is 0 Å². The third-order valence-corrected chi connectivity index (χ3v) is 3.69. The van der Waals surface area contributed by atoms with Gasteiger partial charge in [0.15, 0.2) is 0 Å². The standard InChI is InChI=1S/C19H21N3O3/c1-12-7-9-14(10-8-12)11-17(18(20)24)22-19(25)15-5-3-4-6-16(15)21-13(2)23/h3-10,17H,11H2,1-2H3,(H2,20,24)(H,21,23)(H,22,25)/t17-/m0/s1. The maximum absolute atomic E-state index is 12.5. The molecule has 6 nitrogen and oxygen atoms in total. The van der Waals surface area contributed by atoms with Gasteiger partial charge in [0.25, 0.3) is 5.91 Å². The largest absolute Gasteiger partial charge is 0.368 e. The maximum atomic E-state index is 12.5. The van der Waals surface area contributed by atoms with Gasteiger partial charge in [-0.05, 0) is 24.6 Å². The van der Waals surface area contributed by atoms with Crippen molar-refractivity contribution < 1.29 is 14.4 Å². The van der Waals surface area contributed by atoms with Gasteiger partial charge in [-0.2, -0.15) is 0 Å². The number of hydrogen-bond acceptors (Lipinski definition) is 3. The fourth-order valence-electron chi connectivity index (χ4n) is 2.40. The molecule has 0 aliphatic heterocycles. The van der Waals surface area contributed by atoms with E-state index >= 15 is 0 Å². The number of amides is 3. The zero-order valence-corrected chi connectivity index (χ0v) is 14.2. The molecule has 0 unspecified atom stereocenters. The van der Waals surface area contributed by atoms with E-state index < -0.39 is 17.9 Å². The number of carbonyl (C=O) groups excluding carboxylic acids is 3. The molecular formula is C19H21N3O3. The van der Waals surface area contributed by atoms with E-state index in [1.54, 1.807) is 24.3 Å². The van der Waals surface area contributed by atoms with Crippen LogP contribution in [0, 0.1) is 6.92 Å². The SMILES string of the molecule is CC(=O)Nc1ccccc1C(=O)N[C@@H](Cc1ccc(C)cc1)C(N)=O. The summed E-state index contributed by atoms with van der Waals surface area (Å²) >= 11 is 0. The molecule has 0 radical (unpaired) electrons. The van der Waals surface area contributed by atoms with E-state index in [1.165, 1.54) is 6.92 Å². The summed E-state index contributed by atoms with van der Waals surface area (Å²) in [7, 11) is 0. The molecule has 0 aliphatic carbocycles. The van der Waals surface area contributed by atoms with Gasteiger partial charge < -0.3 is 16.4 Å². The quantitative estimate of drug-likeness (QED) is 0.747. The molecule has 0 saturated carbocycles. The van der Waals surface area contributed by atoms with Crippen LogP contribution in [0.25, 0.3) is 0 Å². The summed E-state index contributed by atoms with van der Waals surface area (Å²) in [5.41, 5.74) is 8.09. The highest BCUT2D eigenvalue weighted by molar-refractivity contribution is 6.04.